The summed E-state index contributed by atoms with van der Waals surface area (Å²) in [5.41, 5.74) is 5.36. The SMILES string of the molecule is CCCCCc1cc(CCN2CCN(c3cccc(C(F)F)c3)CC2)ccc1C. The summed E-state index contributed by atoms with van der Waals surface area (Å²) in [6.07, 6.45) is 3.68. The summed E-state index contributed by atoms with van der Waals surface area (Å²) >= 11 is 0. The lowest BCUT2D eigenvalue weighted by Crippen LogP contribution is -2.47. The van der Waals surface area contributed by atoms with Gasteiger partial charge in [0.2, 0.25) is 0 Å². The van der Waals surface area contributed by atoms with Crippen molar-refractivity contribution in [2.75, 3.05) is 37.6 Å². The van der Waals surface area contributed by atoms with Crippen LogP contribution < -0.4 is 4.90 Å². The maximum absolute atomic E-state index is 13.0. The van der Waals surface area contributed by atoms with Crippen LogP contribution in [0.2, 0.25) is 0 Å². The third-order valence-corrected chi connectivity index (χ3v) is 6.04. The second-order valence-electron chi connectivity index (χ2n) is 8.19. The van der Waals surface area contributed by atoms with Crippen LogP contribution in [0.15, 0.2) is 42.5 Å². The zero-order chi connectivity index (χ0) is 20.6. The standard InChI is InChI=1S/C25H34F2N2/c1-3-4-5-7-22-18-21(11-10-20(22)2)12-13-28-14-16-29(17-15-28)24-9-6-8-23(19-24)25(26)27/h6,8-11,18-19,25H,3-5,7,12-17H2,1-2H3. The molecule has 0 unspecified atom stereocenters. The van der Waals surface area contributed by atoms with Crippen LogP contribution in [0.5, 0.6) is 0 Å². The summed E-state index contributed by atoms with van der Waals surface area (Å²) in [4.78, 5) is 4.71. The van der Waals surface area contributed by atoms with Gasteiger partial charge in [0.1, 0.15) is 0 Å². The van der Waals surface area contributed by atoms with Crippen LogP contribution in [0.25, 0.3) is 0 Å². The molecule has 1 aliphatic heterocycles. The van der Waals surface area contributed by atoms with E-state index in [1.165, 1.54) is 48.4 Å². The van der Waals surface area contributed by atoms with Crippen LogP contribution in [0.3, 0.4) is 0 Å². The van der Waals surface area contributed by atoms with Gasteiger partial charge < -0.3 is 4.90 Å². The normalized spacial score (nSPS) is 15.3. The van der Waals surface area contributed by atoms with E-state index in [0.29, 0.717) is 0 Å². The molecule has 1 heterocycles. The van der Waals surface area contributed by atoms with Crippen molar-refractivity contribution in [3.05, 3.63) is 64.7 Å². The van der Waals surface area contributed by atoms with Gasteiger partial charge in [-0.15, -0.1) is 0 Å². The van der Waals surface area contributed by atoms with Crippen LogP contribution in [0.1, 0.15) is 54.9 Å². The van der Waals surface area contributed by atoms with Gasteiger partial charge in [0.05, 0.1) is 0 Å². The quantitative estimate of drug-likeness (QED) is 0.474. The monoisotopic (exact) mass is 400 g/mol. The minimum absolute atomic E-state index is 0.110. The van der Waals surface area contributed by atoms with Crippen molar-refractivity contribution in [1.29, 1.82) is 0 Å². The minimum Gasteiger partial charge on any atom is -0.369 e. The summed E-state index contributed by atoms with van der Waals surface area (Å²) in [6, 6.07) is 13.7. The van der Waals surface area contributed by atoms with Crippen LogP contribution in [-0.4, -0.2) is 37.6 Å². The Morgan fingerprint density at radius 3 is 2.45 bits per heavy atom. The zero-order valence-corrected chi connectivity index (χ0v) is 17.8. The number of nitrogens with zero attached hydrogens (tertiary/aromatic N) is 2. The Bertz CT molecular complexity index is 767. The molecule has 0 spiro atoms. The van der Waals surface area contributed by atoms with Crippen molar-refractivity contribution < 1.29 is 8.78 Å². The molecular weight excluding hydrogens is 366 g/mol. The Morgan fingerprint density at radius 2 is 1.72 bits per heavy atom. The number of rotatable bonds is 9. The van der Waals surface area contributed by atoms with E-state index >= 15 is 0 Å². The van der Waals surface area contributed by atoms with Crippen LogP contribution in [-0.2, 0) is 12.8 Å². The molecule has 1 fully saturated rings. The summed E-state index contributed by atoms with van der Waals surface area (Å²) < 4.78 is 25.9. The van der Waals surface area contributed by atoms with Crippen LogP contribution >= 0.6 is 0 Å². The number of aryl methyl sites for hydroxylation is 2. The van der Waals surface area contributed by atoms with Crippen molar-refractivity contribution in [2.24, 2.45) is 0 Å². The van der Waals surface area contributed by atoms with Crippen molar-refractivity contribution in [2.45, 2.75) is 52.4 Å². The van der Waals surface area contributed by atoms with E-state index in [1.807, 2.05) is 6.07 Å². The lowest BCUT2D eigenvalue weighted by Gasteiger charge is -2.36. The molecular formula is C25H34F2N2. The van der Waals surface area contributed by atoms with Gasteiger partial charge >= 0.3 is 0 Å². The van der Waals surface area contributed by atoms with Crippen molar-refractivity contribution in [3.8, 4) is 0 Å². The van der Waals surface area contributed by atoms with E-state index in [2.05, 4.69) is 41.8 Å². The molecule has 158 valence electrons. The molecule has 2 aromatic carbocycles. The molecule has 0 bridgehead atoms. The van der Waals surface area contributed by atoms with Gasteiger partial charge in [-0.2, -0.15) is 0 Å². The smallest absolute Gasteiger partial charge is 0.263 e. The molecule has 3 rings (SSSR count). The molecule has 29 heavy (non-hydrogen) atoms. The van der Waals surface area contributed by atoms with E-state index in [4.69, 9.17) is 0 Å². The molecule has 0 aliphatic carbocycles. The molecule has 1 aliphatic rings. The average molecular weight is 401 g/mol. The van der Waals surface area contributed by atoms with Crippen LogP contribution in [0.4, 0.5) is 14.5 Å². The fraction of sp³-hybridized carbons (Fsp3) is 0.520. The predicted octanol–water partition coefficient (Wildman–Crippen LogP) is 6.03. The Hall–Kier alpha value is -1.94. The van der Waals surface area contributed by atoms with Gasteiger partial charge in [0.25, 0.3) is 6.43 Å². The predicted molar refractivity (Wildman–Crippen MR) is 118 cm³/mol. The molecule has 0 radical (unpaired) electrons. The molecule has 0 N–H and O–H groups in total. The molecule has 0 atom stereocenters. The van der Waals surface area contributed by atoms with E-state index in [9.17, 15) is 8.78 Å². The Kier molecular flexibility index (Phi) is 8.05. The number of unbranched alkanes of at least 4 members (excludes halogenated alkanes) is 2. The Labute approximate surface area is 174 Å². The molecule has 0 amide bonds. The number of halogens is 2. The third kappa shape index (κ3) is 6.27. The van der Waals surface area contributed by atoms with Gasteiger partial charge in [-0.05, 0) is 55.0 Å². The first-order valence-electron chi connectivity index (χ1n) is 11.0. The second-order valence-corrected chi connectivity index (χ2v) is 8.19. The van der Waals surface area contributed by atoms with Crippen molar-refractivity contribution >= 4 is 5.69 Å². The number of piperazine rings is 1. The van der Waals surface area contributed by atoms with E-state index in [-0.39, 0.29) is 5.56 Å². The van der Waals surface area contributed by atoms with Crippen molar-refractivity contribution in [1.82, 2.24) is 4.90 Å². The summed E-state index contributed by atoms with van der Waals surface area (Å²) in [6.45, 7) is 9.27. The number of alkyl halides is 2. The highest BCUT2D eigenvalue weighted by molar-refractivity contribution is 5.49. The maximum Gasteiger partial charge on any atom is 0.263 e. The molecule has 2 nitrogen and oxygen atoms in total. The van der Waals surface area contributed by atoms with Gasteiger partial charge in [-0.1, -0.05) is 50.1 Å². The largest absolute Gasteiger partial charge is 0.369 e. The van der Waals surface area contributed by atoms with E-state index in [1.54, 1.807) is 12.1 Å². The van der Waals surface area contributed by atoms with Gasteiger partial charge in [-0.25, -0.2) is 8.78 Å². The summed E-state index contributed by atoms with van der Waals surface area (Å²) in [7, 11) is 0. The lowest BCUT2D eigenvalue weighted by atomic mass is 9.98. The fourth-order valence-corrected chi connectivity index (χ4v) is 4.09. The fourth-order valence-electron chi connectivity index (χ4n) is 4.09. The highest BCUT2D eigenvalue weighted by Crippen LogP contribution is 2.25. The molecule has 4 heteroatoms. The number of hydrogen-bond acceptors (Lipinski definition) is 2. The maximum atomic E-state index is 13.0. The highest BCUT2D eigenvalue weighted by Gasteiger charge is 2.18. The van der Waals surface area contributed by atoms with Gasteiger partial charge in [0, 0.05) is 44.0 Å². The number of hydrogen-bond donors (Lipinski definition) is 0. The molecule has 2 aromatic rings. The average Bonchev–Trinajstić information content (AvgIpc) is 2.74. The lowest BCUT2D eigenvalue weighted by molar-refractivity contribution is 0.151. The Balaban J connectivity index is 1.49. The van der Waals surface area contributed by atoms with E-state index in [0.717, 1.165) is 44.8 Å². The topological polar surface area (TPSA) is 6.48 Å². The second kappa shape index (κ2) is 10.7. The summed E-state index contributed by atoms with van der Waals surface area (Å²) in [5.74, 6) is 0. The number of benzene rings is 2. The Morgan fingerprint density at radius 1 is 0.931 bits per heavy atom. The minimum atomic E-state index is -2.40. The number of anilines is 1. The first-order chi connectivity index (χ1) is 14.1. The first kappa shape index (κ1) is 21.8. The molecule has 1 saturated heterocycles. The molecule has 0 saturated carbocycles. The van der Waals surface area contributed by atoms with Crippen LogP contribution in [0, 0.1) is 6.92 Å². The van der Waals surface area contributed by atoms with Crippen molar-refractivity contribution in [3.63, 3.8) is 0 Å². The summed E-state index contributed by atoms with van der Waals surface area (Å²) in [5, 5.41) is 0. The zero-order valence-electron chi connectivity index (χ0n) is 17.8. The highest BCUT2D eigenvalue weighted by atomic mass is 19.3. The van der Waals surface area contributed by atoms with Gasteiger partial charge in [0.15, 0.2) is 0 Å². The molecule has 0 aromatic heterocycles. The van der Waals surface area contributed by atoms with Gasteiger partial charge in [-0.3, -0.25) is 4.90 Å². The van der Waals surface area contributed by atoms with E-state index < -0.39 is 6.43 Å². The third-order valence-electron chi connectivity index (χ3n) is 6.04. The first-order valence-corrected chi connectivity index (χ1v) is 11.0.